The van der Waals surface area contributed by atoms with Gasteiger partial charge in [0, 0.05) is 12.2 Å². The van der Waals surface area contributed by atoms with Crippen LogP contribution in [-0.2, 0) is 6.42 Å². The third-order valence-corrected chi connectivity index (χ3v) is 5.88. The zero-order valence-electron chi connectivity index (χ0n) is 19.1. The average Bonchev–Trinajstić information content (AvgIpc) is 3.14. The molecule has 7 nitrogen and oxygen atoms in total. The van der Waals surface area contributed by atoms with E-state index in [9.17, 15) is 4.79 Å². The van der Waals surface area contributed by atoms with Crippen molar-refractivity contribution < 1.29 is 9.53 Å². The molecule has 2 aromatic heterocycles. The van der Waals surface area contributed by atoms with Gasteiger partial charge in [0.2, 0.25) is 0 Å². The van der Waals surface area contributed by atoms with Crippen molar-refractivity contribution in [3.05, 3.63) is 89.5 Å². The summed E-state index contributed by atoms with van der Waals surface area (Å²) < 4.78 is 7.00. The lowest BCUT2D eigenvalue weighted by Gasteiger charge is -2.09. The number of para-hydroxylation sites is 2. The lowest BCUT2D eigenvalue weighted by Crippen LogP contribution is -2.26. The van der Waals surface area contributed by atoms with Gasteiger partial charge in [-0.3, -0.25) is 9.36 Å². The van der Waals surface area contributed by atoms with Crippen molar-refractivity contribution in [3.63, 3.8) is 0 Å². The lowest BCUT2D eigenvalue weighted by molar-refractivity contribution is 0.0956. The van der Waals surface area contributed by atoms with Crippen LogP contribution in [0.5, 0.6) is 5.75 Å². The van der Waals surface area contributed by atoms with Gasteiger partial charge in [-0.15, -0.1) is 0 Å². The van der Waals surface area contributed by atoms with Crippen LogP contribution in [0.2, 0.25) is 0 Å². The Labute approximate surface area is 197 Å². The van der Waals surface area contributed by atoms with Gasteiger partial charge in [-0.05, 0) is 55.3 Å². The van der Waals surface area contributed by atoms with Gasteiger partial charge in [0.1, 0.15) is 22.6 Å². The molecule has 3 aromatic carbocycles. The predicted molar refractivity (Wildman–Crippen MR) is 135 cm³/mol. The van der Waals surface area contributed by atoms with E-state index in [0.29, 0.717) is 41.0 Å². The first kappa shape index (κ1) is 21.5. The number of nitrogen functional groups attached to an aromatic ring is 1. The number of benzene rings is 3. The van der Waals surface area contributed by atoms with Crippen LogP contribution >= 0.6 is 0 Å². The number of nitrogens with zero attached hydrogens (tertiary/aromatic N) is 3. The molecule has 0 atom stereocenters. The van der Waals surface area contributed by atoms with Crippen LogP contribution in [-0.4, -0.2) is 34.1 Å². The number of hydrogen-bond donors (Lipinski definition) is 2. The third-order valence-electron chi connectivity index (χ3n) is 5.88. The number of methoxy groups -OCH3 is 1. The SMILES string of the molecule is COc1ccc(CCNC(=O)c2c(N)n(-c3ccc(C)cc3)c3nc4ccccc4nc23)cc1. The fraction of sp³-hybridized carbons (Fsp3) is 0.148. The Morgan fingerprint density at radius 1 is 0.971 bits per heavy atom. The van der Waals surface area contributed by atoms with Gasteiger partial charge in [0.15, 0.2) is 5.65 Å². The number of amides is 1. The van der Waals surface area contributed by atoms with E-state index in [4.69, 9.17) is 20.4 Å². The Morgan fingerprint density at radius 2 is 1.65 bits per heavy atom. The molecule has 170 valence electrons. The number of ether oxygens (including phenoxy) is 1. The summed E-state index contributed by atoms with van der Waals surface area (Å²) >= 11 is 0. The van der Waals surface area contributed by atoms with Gasteiger partial charge in [0.05, 0.1) is 18.1 Å². The molecule has 5 rings (SSSR count). The van der Waals surface area contributed by atoms with Crippen molar-refractivity contribution >= 4 is 33.9 Å². The van der Waals surface area contributed by atoms with E-state index < -0.39 is 0 Å². The molecule has 34 heavy (non-hydrogen) atoms. The first-order chi connectivity index (χ1) is 16.5. The minimum atomic E-state index is -0.272. The first-order valence-electron chi connectivity index (χ1n) is 11.1. The van der Waals surface area contributed by atoms with Crippen LogP contribution in [0.15, 0.2) is 72.8 Å². The van der Waals surface area contributed by atoms with Crippen LogP contribution in [0.3, 0.4) is 0 Å². The van der Waals surface area contributed by atoms with Gasteiger partial charge >= 0.3 is 0 Å². The van der Waals surface area contributed by atoms with Crippen molar-refractivity contribution in [1.82, 2.24) is 19.9 Å². The maximum atomic E-state index is 13.3. The number of carbonyl (C=O) groups excluding carboxylic acids is 1. The smallest absolute Gasteiger partial charge is 0.257 e. The number of nitrogens with one attached hydrogen (secondary N) is 1. The molecule has 0 saturated carbocycles. The highest BCUT2D eigenvalue weighted by molar-refractivity contribution is 6.11. The molecule has 7 heteroatoms. The van der Waals surface area contributed by atoms with Crippen molar-refractivity contribution in [1.29, 1.82) is 0 Å². The summed E-state index contributed by atoms with van der Waals surface area (Å²) in [5.74, 6) is 0.845. The largest absolute Gasteiger partial charge is 0.497 e. The number of rotatable bonds is 6. The standard InChI is InChI=1S/C27H25N5O2/c1-17-7-11-19(12-8-17)32-25(28)23(24-26(32)31-22-6-4-3-5-21(22)30-24)27(33)29-16-15-18-9-13-20(34-2)14-10-18/h3-14H,15-16,28H2,1-2H3,(H,29,33). The quantitative estimate of drug-likeness (QED) is 0.398. The molecule has 2 heterocycles. The Hall–Kier alpha value is -4.39. The Balaban J connectivity index is 1.52. The zero-order valence-corrected chi connectivity index (χ0v) is 19.1. The number of aromatic nitrogens is 3. The second-order valence-corrected chi connectivity index (χ2v) is 8.17. The molecule has 0 unspecified atom stereocenters. The van der Waals surface area contributed by atoms with Gasteiger partial charge < -0.3 is 15.8 Å². The summed E-state index contributed by atoms with van der Waals surface area (Å²) in [6, 6.07) is 23.3. The summed E-state index contributed by atoms with van der Waals surface area (Å²) in [4.78, 5) is 22.9. The van der Waals surface area contributed by atoms with E-state index >= 15 is 0 Å². The molecule has 0 aliphatic rings. The molecular weight excluding hydrogens is 426 g/mol. The van der Waals surface area contributed by atoms with Crippen LogP contribution < -0.4 is 15.8 Å². The summed E-state index contributed by atoms with van der Waals surface area (Å²) in [5.41, 5.74) is 12.5. The van der Waals surface area contributed by atoms with Crippen LogP contribution in [0, 0.1) is 6.92 Å². The van der Waals surface area contributed by atoms with Crippen LogP contribution in [0.25, 0.3) is 27.9 Å². The van der Waals surface area contributed by atoms with E-state index in [-0.39, 0.29) is 5.91 Å². The van der Waals surface area contributed by atoms with E-state index in [1.54, 1.807) is 11.7 Å². The number of fused-ring (bicyclic) bond motifs is 2. The molecule has 1 amide bonds. The summed E-state index contributed by atoms with van der Waals surface area (Å²) in [7, 11) is 1.64. The highest BCUT2D eigenvalue weighted by Gasteiger charge is 2.24. The lowest BCUT2D eigenvalue weighted by atomic mass is 10.1. The van der Waals surface area contributed by atoms with Crippen molar-refractivity contribution in [2.45, 2.75) is 13.3 Å². The second-order valence-electron chi connectivity index (χ2n) is 8.17. The van der Waals surface area contributed by atoms with Gasteiger partial charge in [-0.25, -0.2) is 9.97 Å². The number of anilines is 1. The molecular formula is C27H25N5O2. The van der Waals surface area contributed by atoms with Gasteiger partial charge in [-0.1, -0.05) is 42.0 Å². The fourth-order valence-electron chi connectivity index (χ4n) is 4.04. The molecule has 0 aliphatic carbocycles. The molecule has 0 aliphatic heterocycles. The number of aryl methyl sites for hydroxylation is 1. The summed E-state index contributed by atoms with van der Waals surface area (Å²) in [6.45, 7) is 2.48. The summed E-state index contributed by atoms with van der Waals surface area (Å²) in [5, 5.41) is 3.00. The number of hydrogen-bond acceptors (Lipinski definition) is 5. The van der Waals surface area contributed by atoms with E-state index in [2.05, 4.69) is 5.32 Å². The minimum Gasteiger partial charge on any atom is -0.497 e. The van der Waals surface area contributed by atoms with Crippen LogP contribution in [0.1, 0.15) is 21.5 Å². The number of nitrogens with two attached hydrogens (primary N) is 1. The van der Waals surface area contributed by atoms with Crippen molar-refractivity contribution in [3.8, 4) is 11.4 Å². The maximum Gasteiger partial charge on any atom is 0.257 e. The topological polar surface area (TPSA) is 95.1 Å². The maximum absolute atomic E-state index is 13.3. The minimum absolute atomic E-state index is 0.272. The zero-order chi connectivity index (χ0) is 23.7. The second kappa shape index (κ2) is 8.86. The Kier molecular flexibility index (Phi) is 5.59. The molecule has 0 spiro atoms. The van der Waals surface area contributed by atoms with E-state index in [1.807, 2.05) is 79.7 Å². The normalized spacial score (nSPS) is 11.1. The molecule has 0 radical (unpaired) electrons. The summed E-state index contributed by atoms with van der Waals surface area (Å²) in [6.07, 6.45) is 0.681. The molecule has 0 saturated heterocycles. The monoisotopic (exact) mass is 451 g/mol. The highest BCUT2D eigenvalue weighted by atomic mass is 16.5. The first-order valence-corrected chi connectivity index (χ1v) is 11.1. The van der Waals surface area contributed by atoms with Gasteiger partial charge in [0.25, 0.3) is 5.91 Å². The fourth-order valence-corrected chi connectivity index (χ4v) is 4.04. The van der Waals surface area contributed by atoms with Gasteiger partial charge in [-0.2, -0.15) is 0 Å². The molecule has 0 bridgehead atoms. The van der Waals surface area contributed by atoms with Crippen molar-refractivity contribution in [2.24, 2.45) is 0 Å². The third kappa shape index (κ3) is 3.92. The highest BCUT2D eigenvalue weighted by Crippen LogP contribution is 2.31. The van der Waals surface area contributed by atoms with E-state index in [1.165, 1.54) is 0 Å². The molecule has 5 aromatic rings. The number of carbonyl (C=O) groups is 1. The average molecular weight is 452 g/mol. The molecule has 3 N–H and O–H groups in total. The van der Waals surface area contributed by atoms with E-state index in [0.717, 1.165) is 28.1 Å². The van der Waals surface area contributed by atoms with Crippen molar-refractivity contribution in [2.75, 3.05) is 19.4 Å². The Morgan fingerprint density at radius 3 is 2.32 bits per heavy atom. The molecule has 0 fully saturated rings. The predicted octanol–water partition coefficient (Wildman–Crippen LogP) is 4.45. The Bertz CT molecular complexity index is 1490. The van der Waals surface area contributed by atoms with Crippen LogP contribution in [0.4, 0.5) is 5.82 Å².